The maximum Gasteiger partial charge on any atom is 0.237 e. The second-order valence-electron chi connectivity index (χ2n) is 7.14. The van der Waals surface area contributed by atoms with E-state index in [1.165, 1.54) is 17.3 Å². The van der Waals surface area contributed by atoms with Gasteiger partial charge in [-0.3, -0.25) is 9.36 Å². The number of benzene rings is 2. The summed E-state index contributed by atoms with van der Waals surface area (Å²) in [6.45, 7) is 6.43. The number of ether oxygens (including phenoxy) is 2. The molecule has 29 heavy (non-hydrogen) atoms. The Balaban J connectivity index is 1.44. The smallest absolute Gasteiger partial charge is 0.237 e. The maximum absolute atomic E-state index is 12.7. The van der Waals surface area contributed by atoms with Crippen molar-refractivity contribution in [3.63, 3.8) is 0 Å². The number of nitrogens with one attached hydrogen (secondary N) is 1. The molecule has 1 amide bonds. The van der Waals surface area contributed by atoms with Crippen molar-refractivity contribution in [1.82, 2.24) is 9.55 Å². The number of fused-ring (bicyclic) bond motifs is 1. The molecule has 4 rings (SSSR count). The van der Waals surface area contributed by atoms with Crippen LogP contribution in [0.1, 0.15) is 32.3 Å². The Morgan fingerprint density at radius 2 is 1.86 bits per heavy atom. The Morgan fingerprint density at radius 3 is 2.62 bits per heavy atom. The number of amides is 1. The molecule has 1 atom stereocenters. The van der Waals surface area contributed by atoms with E-state index in [-0.39, 0.29) is 18.0 Å². The van der Waals surface area contributed by atoms with Gasteiger partial charge in [0.15, 0.2) is 16.7 Å². The van der Waals surface area contributed by atoms with Crippen molar-refractivity contribution in [1.29, 1.82) is 0 Å². The average Bonchev–Trinajstić information content (AvgIpc) is 3.36. The summed E-state index contributed by atoms with van der Waals surface area (Å²) in [4.78, 5) is 17.1. The molecule has 0 aliphatic carbocycles. The van der Waals surface area contributed by atoms with Gasteiger partial charge in [0.2, 0.25) is 12.7 Å². The molecule has 1 aromatic heterocycles. The molecule has 2 heterocycles. The van der Waals surface area contributed by atoms with Gasteiger partial charge < -0.3 is 14.8 Å². The number of nitrogens with zero attached hydrogens (tertiary/aromatic N) is 2. The van der Waals surface area contributed by atoms with Gasteiger partial charge in [0.25, 0.3) is 0 Å². The predicted molar refractivity (Wildman–Crippen MR) is 114 cm³/mol. The SMILES string of the molecule is CC(C)c1ccc(-n2ccnc2S[C@H](C)C(=O)Nc2ccc3c(c2)OCO3)cc1. The zero-order valence-corrected chi connectivity index (χ0v) is 17.4. The molecule has 0 saturated carbocycles. The molecule has 6 nitrogen and oxygen atoms in total. The molecule has 0 spiro atoms. The van der Waals surface area contributed by atoms with Crippen molar-refractivity contribution >= 4 is 23.4 Å². The van der Waals surface area contributed by atoms with Crippen LogP contribution in [0.2, 0.25) is 0 Å². The fourth-order valence-corrected chi connectivity index (χ4v) is 3.91. The van der Waals surface area contributed by atoms with Gasteiger partial charge in [-0.1, -0.05) is 37.7 Å². The molecule has 0 bridgehead atoms. The van der Waals surface area contributed by atoms with Crippen LogP contribution in [-0.2, 0) is 4.79 Å². The number of thioether (sulfide) groups is 1. The fourth-order valence-electron chi connectivity index (χ4n) is 3.02. The number of carbonyl (C=O) groups is 1. The Labute approximate surface area is 174 Å². The van der Waals surface area contributed by atoms with Crippen molar-refractivity contribution < 1.29 is 14.3 Å². The minimum Gasteiger partial charge on any atom is -0.454 e. The van der Waals surface area contributed by atoms with E-state index < -0.39 is 0 Å². The lowest BCUT2D eigenvalue weighted by molar-refractivity contribution is -0.115. The third-order valence-corrected chi connectivity index (χ3v) is 5.82. The van der Waals surface area contributed by atoms with E-state index in [1.807, 2.05) is 17.7 Å². The summed E-state index contributed by atoms with van der Waals surface area (Å²) in [6.07, 6.45) is 3.66. The zero-order chi connectivity index (χ0) is 20.4. The van der Waals surface area contributed by atoms with Crippen LogP contribution in [0.15, 0.2) is 60.0 Å². The summed E-state index contributed by atoms with van der Waals surface area (Å²) in [5.74, 6) is 1.72. The number of imidazole rings is 1. The molecule has 7 heteroatoms. The summed E-state index contributed by atoms with van der Waals surface area (Å²) >= 11 is 1.42. The monoisotopic (exact) mass is 409 g/mol. The molecule has 0 fully saturated rings. The summed E-state index contributed by atoms with van der Waals surface area (Å²) in [5, 5.41) is 3.38. The van der Waals surface area contributed by atoms with Crippen LogP contribution in [0, 0.1) is 0 Å². The molecular weight excluding hydrogens is 386 g/mol. The quantitative estimate of drug-likeness (QED) is 0.590. The second kappa shape index (κ2) is 8.21. The number of anilines is 1. The third-order valence-electron chi connectivity index (χ3n) is 4.74. The van der Waals surface area contributed by atoms with Crippen molar-refractivity contribution in [3.8, 4) is 17.2 Å². The summed E-state index contributed by atoms with van der Waals surface area (Å²) in [6, 6.07) is 13.8. The lowest BCUT2D eigenvalue weighted by atomic mass is 10.0. The van der Waals surface area contributed by atoms with E-state index in [4.69, 9.17) is 9.47 Å². The van der Waals surface area contributed by atoms with Gasteiger partial charge >= 0.3 is 0 Å². The van der Waals surface area contributed by atoms with Crippen LogP contribution in [0.5, 0.6) is 11.5 Å². The summed E-state index contributed by atoms with van der Waals surface area (Å²) in [7, 11) is 0. The van der Waals surface area contributed by atoms with E-state index in [9.17, 15) is 4.79 Å². The lowest BCUT2D eigenvalue weighted by Crippen LogP contribution is -2.22. The van der Waals surface area contributed by atoms with Crippen molar-refractivity contribution in [2.45, 2.75) is 37.1 Å². The van der Waals surface area contributed by atoms with Gasteiger partial charge in [-0.15, -0.1) is 0 Å². The molecule has 2 aromatic carbocycles. The Hall–Kier alpha value is -2.93. The van der Waals surface area contributed by atoms with Crippen LogP contribution in [-0.4, -0.2) is 27.5 Å². The molecule has 150 valence electrons. The van der Waals surface area contributed by atoms with Gasteiger partial charge in [-0.05, 0) is 42.7 Å². The number of carbonyl (C=O) groups excluding carboxylic acids is 1. The van der Waals surface area contributed by atoms with Crippen molar-refractivity contribution in [3.05, 3.63) is 60.4 Å². The maximum atomic E-state index is 12.7. The summed E-state index contributed by atoms with van der Waals surface area (Å²) < 4.78 is 12.7. The Morgan fingerprint density at radius 1 is 1.10 bits per heavy atom. The van der Waals surface area contributed by atoms with Crippen LogP contribution >= 0.6 is 11.8 Å². The highest BCUT2D eigenvalue weighted by Gasteiger charge is 2.20. The molecule has 3 aromatic rings. The molecule has 1 aliphatic heterocycles. The summed E-state index contributed by atoms with van der Waals surface area (Å²) in [5.41, 5.74) is 3.00. The third kappa shape index (κ3) is 4.24. The first-order valence-electron chi connectivity index (χ1n) is 9.52. The molecule has 0 saturated heterocycles. The highest BCUT2D eigenvalue weighted by atomic mass is 32.2. The number of rotatable bonds is 6. The Bertz CT molecular complexity index is 1010. The van der Waals surface area contributed by atoms with E-state index in [1.54, 1.807) is 24.4 Å². The highest BCUT2D eigenvalue weighted by Crippen LogP contribution is 2.34. The molecule has 0 unspecified atom stereocenters. The first kappa shape index (κ1) is 19.4. The normalized spacial score (nSPS) is 13.5. The van der Waals surface area contributed by atoms with E-state index in [0.717, 1.165) is 10.8 Å². The molecule has 1 N–H and O–H groups in total. The topological polar surface area (TPSA) is 65.4 Å². The molecule has 0 radical (unpaired) electrons. The first-order chi connectivity index (χ1) is 14.0. The van der Waals surface area contributed by atoms with E-state index in [0.29, 0.717) is 23.1 Å². The van der Waals surface area contributed by atoms with Crippen LogP contribution in [0.4, 0.5) is 5.69 Å². The first-order valence-corrected chi connectivity index (χ1v) is 10.4. The van der Waals surface area contributed by atoms with Crippen molar-refractivity contribution in [2.75, 3.05) is 12.1 Å². The van der Waals surface area contributed by atoms with Crippen molar-refractivity contribution in [2.24, 2.45) is 0 Å². The van der Waals surface area contributed by atoms with Gasteiger partial charge in [0.1, 0.15) is 0 Å². The number of hydrogen-bond donors (Lipinski definition) is 1. The van der Waals surface area contributed by atoms with Gasteiger partial charge in [-0.25, -0.2) is 4.98 Å². The zero-order valence-electron chi connectivity index (χ0n) is 16.6. The minimum atomic E-state index is -0.323. The van der Waals surface area contributed by atoms with E-state index in [2.05, 4.69) is 48.4 Å². The van der Waals surface area contributed by atoms with Gasteiger partial charge in [0.05, 0.1) is 5.25 Å². The molecular formula is C22H23N3O3S. The standard InChI is InChI=1S/C22H23N3O3S/c1-14(2)16-4-7-18(8-5-16)25-11-10-23-22(25)29-15(3)21(26)24-17-6-9-19-20(12-17)28-13-27-19/h4-12,14-15H,13H2,1-3H3,(H,24,26)/t15-/m1/s1. The minimum absolute atomic E-state index is 0.0985. The lowest BCUT2D eigenvalue weighted by Gasteiger charge is -2.14. The number of hydrogen-bond acceptors (Lipinski definition) is 5. The van der Waals surface area contributed by atoms with Gasteiger partial charge in [-0.2, -0.15) is 0 Å². The number of aromatic nitrogens is 2. The van der Waals surface area contributed by atoms with Crippen LogP contribution < -0.4 is 14.8 Å². The second-order valence-corrected chi connectivity index (χ2v) is 8.45. The average molecular weight is 410 g/mol. The molecule has 1 aliphatic rings. The Kier molecular flexibility index (Phi) is 5.49. The fraction of sp³-hybridized carbons (Fsp3) is 0.273. The van der Waals surface area contributed by atoms with E-state index >= 15 is 0 Å². The van der Waals surface area contributed by atoms with Crippen LogP contribution in [0.25, 0.3) is 5.69 Å². The highest BCUT2D eigenvalue weighted by molar-refractivity contribution is 8.00. The van der Waals surface area contributed by atoms with Crippen LogP contribution in [0.3, 0.4) is 0 Å². The largest absolute Gasteiger partial charge is 0.454 e. The predicted octanol–water partition coefficient (Wildman–Crippen LogP) is 4.84. The van der Waals surface area contributed by atoms with Gasteiger partial charge in [0, 0.05) is 29.8 Å².